The highest BCUT2D eigenvalue weighted by molar-refractivity contribution is 6.00. The Balaban J connectivity index is 1.24. The van der Waals surface area contributed by atoms with Crippen LogP contribution in [0.2, 0.25) is 0 Å². The van der Waals surface area contributed by atoms with Crippen LogP contribution >= 0.6 is 0 Å². The van der Waals surface area contributed by atoms with Gasteiger partial charge in [-0.05, 0) is 31.0 Å². The molecule has 0 unspecified atom stereocenters. The Morgan fingerprint density at radius 1 is 0.879 bits per heavy atom. The van der Waals surface area contributed by atoms with E-state index in [4.69, 9.17) is 9.72 Å². The molecule has 33 heavy (non-hydrogen) atoms. The summed E-state index contributed by atoms with van der Waals surface area (Å²) < 4.78 is 5.47. The van der Waals surface area contributed by atoms with Gasteiger partial charge >= 0.3 is 5.97 Å². The minimum absolute atomic E-state index is 0.201. The van der Waals surface area contributed by atoms with Crippen molar-refractivity contribution in [2.45, 2.75) is 12.8 Å². The van der Waals surface area contributed by atoms with Gasteiger partial charge in [-0.15, -0.1) is 0 Å². The summed E-state index contributed by atoms with van der Waals surface area (Å²) in [6, 6.07) is 11.3. The van der Waals surface area contributed by atoms with Crippen LogP contribution < -0.4 is 9.80 Å². The molecule has 4 heterocycles. The molecule has 1 amide bonds. The zero-order valence-electron chi connectivity index (χ0n) is 18.4. The predicted molar refractivity (Wildman–Crippen MR) is 124 cm³/mol. The molecule has 0 saturated carbocycles. The van der Waals surface area contributed by atoms with Crippen LogP contribution in [-0.2, 0) is 9.53 Å². The van der Waals surface area contributed by atoms with Crippen molar-refractivity contribution in [3.8, 4) is 0 Å². The van der Waals surface area contributed by atoms with Crippen molar-refractivity contribution in [2.75, 3.05) is 55.7 Å². The zero-order chi connectivity index (χ0) is 22.6. The fourth-order valence-corrected chi connectivity index (χ4v) is 4.33. The first-order valence-electron chi connectivity index (χ1n) is 11.3. The number of carbonyl (C=O) groups excluding carboxylic acids is 2. The van der Waals surface area contributed by atoms with Gasteiger partial charge in [0.1, 0.15) is 11.4 Å². The minimum Gasteiger partial charge on any atom is -0.452 e. The predicted octanol–water partition coefficient (Wildman–Crippen LogP) is 2.13. The molecule has 2 aliphatic heterocycles. The molecule has 0 atom stereocenters. The van der Waals surface area contributed by atoms with E-state index in [0.29, 0.717) is 43.5 Å². The average Bonchev–Trinajstić information content (AvgIpc) is 3.42. The molecule has 3 aromatic rings. The molecule has 2 fully saturated rings. The lowest BCUT2D eigenvalue weighted by molar-refractivity contribution is -0.134. The second-order valence-corrected chi connectivity index (χ2v) is 8.24. The Morgan fingerprint density at radius 2 is 1.61 bits per heavy atom. The number of piperazine rings is 1. The molecule has 2 saturated heterocycles. The Kier molecular flexibility index (Phi) is 6.01. The maximum atomic E-state index is 13.0. The summed E-state index contributed by atoms with van der Waals surface area (Å²) in [6.07, 6.45) is 5.55. The van der Waals surface area contributed by atoms with Gasteiger partial charge in [0.15, 0.2) is 6.61 Å². The van der Waals surface area contributed by atoms with Crippen molar-refractivity contribution in [2.24, 2.45) is 0 Å². The monoisotopic (exact) mass is 446 g/mol. The van der Waals surface area contributed by atoms with Crippen molar-refractivity contribution in [1.82, 2.24) is 19.9 Å². The third-order valence-electron chi connectivity index (χ3n) is 6.12. The summed E-state index contributed by atoms with van der Waals surface area (Å²) in [6.45, 7) is 3.78. The lowest BCUT2D eigenvalue weighted by Crippen LogP contribution is -2.50. The quantitative estimate of drug-likeness (QED) is 0.551. The number of aromatic nitrogens is 3. The summed E-state index contributed by atoms with van der Waals surface area (Å²) in [5.41, 5.74) is 1.25. The number of hydrogen-bond acceptors (Lipinski definition) is 8. The first-order chi connectivity index (χ1) is 16.2. The van der Waals surface area contributed by atoms with Crippen LogP contribution in [0.4, 0.5) is 11.8 Å². The van der Waals surface area contributed by atoms with Crippen LogP contribution in [0.5, 0.6) is 0 Å². The molecule has 1 aromatic carbocycles. The summed E-state index contributed by atoms with van der Waals surface area (Å²) in [7, 11) is 0. The molecule has 170 valence electrons. The van der Waals surface area contributed by atoms with Crippen LogP contribution in [-0.4, -0.2) is 77.6 Å². The summed E-state index contributed by atoms with van der Waals surface area (Å²) >= 11 is 0. The largest absolute Gasteiger partial charge is 0.452 e. The van der Waals surface area contributed by atoms with Gasteiger partial charge in [-0.2, -0.15) is 0 Å². The molecule has 0 N–H and O–H groups in total. The SMILES string of the molecule is O=C(OCC(=O)N1CCN(c2ncccn2)CC1)c1cc2ccccc2nc1N1CCCC1. The molecule has 0 bridgehead atoms. The van der Waals surface area contributed by atoms with E-state index in [-0.39, 0.29) is 12.5 Å². The van der Waals surface area contributed by atoms with Crippen LogP contribution in [0, 0.1) is 0 Å². The van der Waals surface area contributed by atoms with Crippen molar-refractivity contribution >= 4 is 34.5 Å². The lowest BCUT2D eigenvalue weighted by atomic mass is 10.1. The molecular formula is C24H26N6O3. The Hall–Kier alpha value is -3.75. The average molecular weight is 447 g/mol. The van der Waals surface area contributed by atoms with Gasteiger partial charge in [-0.25, -0.2) is 19.7 Å². The fraction of sp³-hybridized carbons (Fsp3) is 0.375. The normalized spacial score (nSPS) is 16.3. The first kappa shape index (κ1) is 21.1. The van der Waals surface area contributed by atoms with Gasteiger partial charge in [0.2, 0.25) is 5.95 Å². The van der Waals surface area contributed by atoms with Crippen LogP contribution in [0.1, 0.15) is 23.2 Å². The van der Waals surface area contributed by atoms with Gasteiger partial charge < -0.3 is 19.4 Å². The van der Waals surface area contributed by atoms with E-state index >= 15 is 0 Å². The highest BCUT2D eigenvalue weighted by Gasteiger charge is 2.26. The Bertz CT molecular complexity index is 1140. The second kappa shape index (κ2) is 9.40. The number of rotatable bonds is 5. The number of carbonyl (C=O) groups is 2. The van der Waals surface area contributed by atoms with E-state index in [0.717, 1.165) is 36.8 Å². The van der Waals surface area contributed by atoms with Crippen molar-refractivity contribution < 1.29 is 14.3 Å². The topological polar surface area (TPSA) is 91.8 Å². The molecule has 9 nitrogen and oxygen atoms in total. The lowest BCUT2D eigenvalue weighted by Gasteiger charge is -2.34. The van der Waals surface area contributed by atoms with E-state index in [1.165, 1.54) is 0 Å². The molecule has 0 radical (unpaired) electrons. The van der Waals surface area contributed by atoms with E-state index < -0.39 is 5.97 Å². The van der Waals surface area contributed by atoms with E-state index in [1.807, 2.05) is 35.2 Å². The second-order valence-electron chi connectivity index (χ2n) is 8.24. The number of benzene rings is 1. The van der Waals surface area contributed by atoms with Crippen LogP contribution in [0.25, 0.3) is 10.9 Å². The molecule has 5 rings (SSSR count). The third-order valence-corrected chi connectivity index (χ3v) is 6.12. The van der Waals surface area contributed by atoms with Crippen molar-refractivity contribution in [3.05, 3.63) is 54.4 Å². The molecule has 0 aliphatic carbocycles. The Labute approximate surface area is 192 Å². The molecule has 9 heteroatoms. The molecule has 0 spiro atoms. The number of pyridine rings is 1. The summed E-state index contributed by atoms with van der Waals surface area (Å²) in [5, 5.41) is 0.873. The van der Waals surface area contributed by atoms with Gasteiger partial charge in [0.25, 0.3) is 5.91 Å². The van der Waals surface area contributed by atoms with Gasteiger partial charge in [-0.3, -0.25) is 4.79 Å². The number of amides is 1. The molecular weight excluding hydrogens is 420 g/mol. The van der Waals surface area contributed by atoms with Crippen molar-refractivity contribution in [1.29, 1.82) is 0 Å². The van der Waals surface area contributed by atoms with Gasteiger partial charge in [-0.1, -0.05) is 18.2 Å². The highest BCUT2D eigenvalue weighted by Crippen LogP contribution is 2.27. The van der Waals surface area contributed by atoms with Crippen LogP contribution in [0.15, 0.2) is 48.8 Å². The fourth-order valence-electron chi connectivity index (χ4n) is 4.33. The maximum absolute atomic E-state index is 13.0. The van der Waals surface area contributed by atoms with Gasteiger partial charge in [0.05, 0.1) is 5.52 Å². The number of anilines is 2. The molecule has 2 aromatic heterocycles. The van der Waals surface area contributed by atoms with Crippen LogP contribution in [0.3, 0.4) is 0 Å². The number of hydrogen-bond donors (Lipinski definition) is 0. The standard InChI is InChI=1S/C24H26N6O3/c31-21(28-12-14-30(15-13-28)24-25-8-5-9-26-24)17-33-23(32)19-16-18-6-1-2-7-20(18)27-22(19)29-10-3-4-11-29/h1-2,5-9,16H,3-4,10-15,17H2. The number of esters is 1. The van der Waals surface area contributed by atoms with E-state index in [2.05, 4.69) is 14.9 Å². The zero-order valence-corrected chi connectivity index (χ0v) is 18.4. The Morgan fingerprint density at radius 3 is 2.36 bits per heavy atom. The third kappa shape index (κ3) is 4.57. The van der Waals surface area contributed by atoms with Gasteiger partial charge in [0, 0.05) is 57.0 Å². The molecule has 2 aliphatic rings. The maximum Gasteiger partial charge on any atom is 0.342 e. The highest BCUT2D eigenvalue weighted by atomic mass is 16.5. The number of nitrogens with zero attached hydrogens (tertiary/aromatic N) is 6. The minimum atomic E-state index is -0.514. The first-order valence-corrected chi connectivity index (χ1v) is 11.3. The summed E-state index contributed by atoms with van der Waals surface area (Å²) in [5.74, 6) is 0.586. The summed E-state index contributed by atoms with van der Waals surface area (Å²) in [4.78, 5) is 44.9. The smallest absolute Gasteiger partial charge is 0.342 e. The van der Waals surface area contributed by atoms with E-state index in [1.54, 1.807) is 23.4 Å². The number of ether oxygens (including phenoxy) is 1. The number of para-hydroxylation sites is 1. The van der Waals surface area contributed by atoms with E-state index in [9.17, 15) is 9.59 Å². The van der Waals surface area contributed by atoms with Crippen molar-refractivity contribution in [3.63, 3.8) is 0 Å². The number of fused-ring (bicyclic) bond motifs is 1.